The molecule has 0 atom stereocenters. The third-order valence-corrected chi connectivity index (χ3v) is 5.32. The predicted molar refractivity (Wildman–Crippen MR) is 97.9 cm³/mol. The maximum Gasteiger partial charge on any atom is 0.0720 e. The van der Waals surface area contributed by atoms with Crippen molar-refractivity contribution in [3.05, 3.63) is 35.4 Å². The number of hydrogen-bond donors (Lipinski definition) is 1. The second-order valence-electron chi connectivity index (χ2n) is 7.39. The van der Waals surface area contributed by atoms with Gasteiger partial charge < -0.3 is 15.0 Å². The van der Waals surface area contributed by atoms with Crippen molar-refractivity contribution in [1.82, 2.24) is 10.2 Å². The Balaban J connectivity index is 1.74. The average molecular weight is 319 g/mol. The summed E-state index contributed by atoms with van der Waals surface area (Å²) in [6.07, 6.45) is 3.90. The number of piperidine rings is 1. The summed E-state index contributed by atoms with van der Waals surface area (Å²) >= 11 is 0. The van der Waals surface area contributed by atoms with E-state index in [1.54, 1.807) is 0 Å². The third kappa shape index (κ3) is 5.59. The molecule has 1 aromatic rings. The number of nitrogens with one attached hydrogen (secondary N) is 1. The van der Waals surface area contributed by atoms with Gasteiger partial charge in [-0.2, -0.15) is 0 Å². The molecule has 1 aliphatic heterocycles. The SMILES string of the molecule is CCC(C)(C)c1ccc(COC2CCN(CCNC)CC2)cc1. The van der Waals surface area contributed by atoms with E-state index in [2.05, 4.69) is 55.3 Å². The molecule has 1 heterocycles. The minimum atomic E-state index is 0.263. The van der Waals surface area contributed by atoms with E-state index < -0.39 is 0 Å². The van der Waals surface area contributed by atoms with Crippen LogP contribution < -0.4 is 5.32 Å². The zero-order chi connectivity index (χ0) is 16.7. The van der Waals surface area contributed by atoms with E-state index in [-0.39, 0.29) is 5.41 Å². The Labute approximate surface area is 142 Å². The predicted octanol–water partition coefficient (Wildman–Crippen LogP) is 3.57. The highest BCUT2D eigenvalue weighted by molar-refractivity contribution is 5.27. The van der Waals surface area contributed by atoms with Gasteiger partial charge in [0.1, 0.15) is 0 Å². The van der Waals surface area contributed by atoms with Crippen molar-refractivity contribution in [2.75, 3.05) is 33.2 Å². The van der Waals surface area contributed by atoms with Crippen LogP contribution in [0.25, 0.3) is 0 Å². The maximum atomic E-state index is 6.13. The van der Waals surface area contributed by atoms with Crippen molar-refractivity contribution in [1.29, 1.82) is 0 Å². The zero-order valence-corrected chi connectivity index (χ0v) is 15.4. The molecule has 1 saturated heterocycles. The minimum Gasteiger partial charge on any atom is -0.373 e. The summed E-state index contributed by atoms with van der Waals surface area (Å²) in [7, 11) is 2.02. The van der Waals surface area contributed by atoms with Crippen LogP contribution in [0.5, 0.6) is 0 Å². The molecule has 0 saturated carbocycles. The van der Waals surface area contributed by atoms with Crippen LogP contribution in [0.3, 0.4) is 0 Å². The van der Waals surface area contributed by atoms with Gasteiger partial charge in [0.25, 0.3) is 0 Å². The lowest BCUT2D eigenvalue weighted by Gasteiger charge is -2.31. The van der Waals surface area contributed by atoms with Crippen LogP contribution in [0.15, 0.2) is 24.3 Å². The van der Waals surface area contributed by atoms with E-state index in [1.165, 1.54) is 11.1 Å². The lowest BCUT2D eigenvalue weighted by Crippen LogP contribution is -2.40. The average Bonchev–Trinajstić information content (AvgIpc) is 2.59. The molecule has 1 aliphatic rings. The van der Waals surface area contributed by atoms with Crippen LogP contribution in [-0.4, -0.2) is 44.2 Å². The molecule has 2 rings (SSSR count). The van der Waals surface area contributed by atoms with E-state index in [0.29, 0.717) is 6.10 Å². The molecule has 0 bridgehead atoms. The molecule has 0 aromatic heterocycles. The molecule has 0 unspecified atom stereocenters. The quantitative estimate of drug-likeness (QED) is 0.793. The van der Waals surface area contributed by atoms with Crippen LogP contribution in [0, 0.1) is 0 Å². The topological polar surface area (TPSA) is 24.5 Å². The van der Waals surface area contributed by atoms with Gasteiger partial charge in [-0.25, -0.2) is 0 Å². The van der Waals surface area contributed by atoms with Crippen LogP contribution in [-0.2, 0) is 16.8 Å². The number of likely N-dealkylation sites (tertiary alicyclic amines) is 1. The molecule has 0 radical (unpaired) electrons. The Hall–Kier alpha value is -0.900. The largest absolute Gasteiger partial charge is 0.373 e. The number of benzene rings is 1. The molecule has 0 spiro atoms. The smallest absolute Gasteiger partial charge is 0.0720 e. The Morgan fingerprint density at radius 2 is 1.83 bits per heavy atom. The molecule has 3 heteroatoms. The Morgan fingerprint density at radius 1 is 1.17 bits per heavy atom. The summed E-state index contributed by atoms with van der Waals surface area (Å²) < 4.78 is 6.13. The van der Waals surface area contributed by atoms with E-state index in [9.17, 15) is 0 Å². The first-order chi connectivity index (χ1) is 11.0. The van der Waals surface area contributed by atoms with Crippen molar-refractivity contribution in [2.45, 2.75) is 58.2 Å². The fourth-order valence-electron chi connectivity index (χ4n) is 3.04. The Kier molecular flexibility index (Phi) is 7.07. The van der Waals surface area contributed by atoms with E-state index >= 15 is 0 Å². The molecule has 0 aliphatic carbocycles. The normalized spacial score (nSPS) is 17.6. The van der Waals surface area contributed by atoms with Gasteiger partial charge >= 0.3 is 0 Å². The van der Waals surface area contributed by atoms with Gasteiger partial charge in [0, 0.05) is 26.2 Å². The highest BCUT2D eigenvalue weighted by Gasteiger charge is 2.20. The summed E-state index contributed by atoms with van der Waals surface area (Å²) in [5, 5.41) is 3.22. The third-order valence-electron chi connectivity index (χ3n) is 5.32. The summed E-state index contributed by atoms with van der Waals surface area (Å²) in [5.74, 6) is 0. The van der Waals surface area contributed by atoms with Crippen molar-refractivity contribution in [2.24, 2.45) is 0 Å². The molecule has 1 aromatic carbocycles. The Morgan fingerprint density at radius 3 is 2.39 bits per heavy atom. The van der Waals surface area contributed by atoms with E-state index in [4.69, 9.17) is 4.74 Å². The monoisotopic (exact) mass is 318 g/mol. The number of ether oxygens (including phenoxy) is 1. The van der Waals surface area contributed by atoms with Crippen LogP contribution in [0.2, 0.25) is 0 Å². The highest BCUT2D eigenvalue weighted by atomic mass is 16.5. The van der Waals surface area contributed by atoms with Gasteiger partial charge in [-0.3, -0.25) is 0 Å². The molecule has 3 nitrogen and oxygen atoms in total. The summed E-state index contributed by atoms with van der Waals surface area (Å²) in [5.41, 5.74) is 2.97. The molecule has 23 heavy (non-hydrogen) atoms. The van der Waals surface area contributed by atoms with Gasteiger partial charge in [-0.05, 0) is 42.9 Å². The fourth-order valence-corrected chi connectivity index (χ4v) is 3.04. The standard InChI is InChI=1S/C20H34N2O/c1-5-20(2,3)18-8-6-17(7-9-18)16-23-19-10-13-22(14-11-19)15-12-21-4/h6-9,19,21H,5,10-16H2,1-4H3. The summed E-state index contributed by atoms with van der Waals surface area (Å²) in [6.45, 7) is 12.2. The first-order valence-electron chi connectivity index (χ1n) is 9.13. The number of hydrogen-bond acceptors (Lipinski definition) is 3. The maximum absolute atomic E-state index is 6.13. The summed E-state index contributed by atoms with van der Waals surface area (Å²) in [6, 6.07) is 8.99. The van der Waals surface area contributed by atoms with Crippen molar-refractivity contribution < 1.29 is 4.74 Å². The lowest BCUT2D eigenvalue weighted by atomic mass is 9.82. The van der Waals surface area contributed by atoms with Crippen LogP contribution >= 0.6 is 0 Å². The number of nitrogens with zero attached hydrogens (tertiary/aromatic N) is 1. The minimum absolute atomic E-state index is 0.263. The second kappa shape index (κ2) is 8.81. The van der Waals surface area contributed by atoms with Gasteiger partial charge in [-0.15, -0.1) is 0 Å². The van der Waals surface area contributed by atoms with Crippen molar-refractivity contribution in [3.8, 4) is 0 Å². The Bertz CT molecular complexity index is 447. The van der Waals surface area contributed by atoms with Crippen LogP contribution in [0.4, 0.5) is 0 Å². The van der Waals surface area contributed by atoms with Gasteiger partial charge in [0.05, 0.1) is 12.7 Å². The first kappa shape index (κ1) is 18.4. The second-order valence-corrected chi connectivity index (χ2v) is 7.39. The molecule has 1 N–H and O–H groups in total. The number of likely N-dealkylation sites (N-methyl/N-ethyl adjacent to an activating group) is 1. The molecular formula is C20H34N2O. The first-order valence-corrected chi connectivity index (χ1v) is 9.13. The highest BCUT2D eigenvalue weighted by Crippen LogP contribution is 2.27. The van der Waals surface area contributed by atoms with Crippen molar-refractivity contribution in [3.63, 3.8) is 0 Å². The van der Waals surface area contributed by atoms with Gasteiger partial charge in [-0.1, -0.05) is 45.0 Å². The van der Waals surface area contributed by atoms with Gasteiger partial charge in [0.15, 0.2) is 0 Å². The van der Waals surface area contributed by atoms with Gasteiger partial charge in [0.2, 0.25) is 0 Å². The molecule has 130 valence electrons. The lowest BCUT2D eigenvalue weighted by molar-refractivity contribution is -0.00210. The number of rotatable bonds is 8. The van der Waals surface area contributed by atoms with Crippen molar-refractivity contribution >= 4 is 0 Å². The molecule has 1 fully saturated rings. The van der Waals surface area contributed by atoms with E-state index in [0.717, 1.165) is 52.0 Å². The molecular weight excluding hydrogens is 284 g/mol. The fraction of sp³-hybridized carbons (Fsp3) is 0.700. The zero-order valence-electron chi connectivity index (χ0n) is 15.4. The van der Waals surface area contributed by atoms with Crippen LogP contribution in [0.1, 0.15) is 51.2 Å². The molecule has 0 amide bonds. The summed E-state index contributed by atoms with van der Waals surface area (Å²) in [4.78, 5) is 2.53. The van der Waals surface area contributed by atoms with E-state index in [1.807, 2.05) is 7.05 Å².